The first kappa shape index (κ1) is 40.4. The first-order valence-electron chi connectivity index (χ1n) is 19.1. The molecule has 0 heterocycles. The Kier molecular flexibility index (Phi) is 31.9. The zero-order valence-corrected chi connectivity index (χ0v) is 28.8. The Labute approximate surface area is 259 Å². The molecule has 0 bridgehead atoms. The number of carboxylic acid groups (broad SMARTS) is 1. The Hall–Kier alpha value is -0.570. The number of carboxylic acids is 1. The van der Waals surface area contributed by atoms with Gasteiger partial charge in [0.05, 0.1) is 26.2 Å². The molecule has 0 aliphatic carbocycles. The summed E-state index contributed by atoms with van der Waals surface area (Å²) in [6, 6.07) is 0. The Morgan fingerprint density at radius 2 is 0.585 bits per heavy atom. The zero-order valence-electron chi connectivity index (χ0n) is 28.8. The number of rotatable bonds is 35. The highest BCUT2D eigenvalue weighted by molar-refractivity contribution is 5.64. The van der Waals surface area contributed by atoms with E-state index in [4.69, 9.17) is 0 Å². The van der Waals surface area contributed by atoms with Crippen molar-refractivity contribution < 1.29 is 14.4 Å². The summed E-state index contributed by atoms with van der Waals surface area (Å²) in [6.07, 6.45) is 40.0. The predicted molar refractivity (Wildman–Crippen MR) is 180 cm³/mol. The van der Waals surface area contributed by atoms with Gasteiger partial charge in [-0.3, -0.25) is 0 Å². The van der Waals surface area contributed by atoms with Gasteiger partial charge in [0.25, 0.3) is 0 Å². The molecule has 0 atom stereocenters. The summed E-state index contributed by atoms with van der Waals surface area (Å²) in [5.41, 5.74) is 0. The van der Waals surface area contributed by atoms with Crippen LogP contribution in [0.15, 0.2) is 0 Å². The van der Waals surface area contributed by atoms with E-state index in [0.717, 1.165) is 12.8 Å². The van der Waals surface area contributed by atoms with E-state index >= 15 is 0 Å². The quantitative estimate of drug-likeness (QED) is 0.0553. The van der Waals surface area contributed by atoms with Crippen molar-refractivity contribution in [2.45, 2.75) is 213 Å². The molecule has 3 heteroatoms. The number of carbonyl (C=O) groups excluding carboxylic acids is 1. The lowest BCUT2D eigenvalue weighted by Crippen LogP contribution is -2.50. The molecule has 0 unspecified atom stereocenters. The largest absolute Gasteiger partial charge is 0.550 e. The molecule has 0 amide bonds. The molecule has 0 saturated carbocycles. The third-order valence-electron chi connectivity index (χ3n) is 9.47. The molecule has 41 heavy (non-hydrogen) atoms. The maximum Gasteiger partial charge on any atom is 0.0786 e. The molecule has 0 fully saturated rings. The minimum atomic E-state index is -0.897. The van der Waals surface area contributed by atoms with E-state index in [2.05, 4.69) is 20.8 Å². The van der Waals surface area contributed by atoms with Gasteiger partial charge in [-0.25, -0.2) is 0 Å². The first-order valence-corrected chi connectivity index (χ1v) is 19.1. The fraction of sp³-hybridized carbons (Fsp3) is 0.974. The van der Waals surface area contributed by atoms with Crippen LogP contribution in [0.4, 0.5) is 0 Å². The van der Waals surface area contributed by atoms with Crippen LogP contribution in [0.3, 0.4) is 0 Å². The first-order chi connectivity index (χ1) is 20.1. The highest BCUT2D eigenvalue weighted by Crippen LogP contribution is 2.20. The molecule has 0 N–H and O–H groups in total. The maximum absolute atomic E-state index is 10.4. The second-order valence-electron chi connectivity index (χ2n) is 13.6. The summed E-state index contributed by atoms with van der Waals surface area (Å²) in [6.45, 7) is 12.8. The number of carbonyl (C=O) groups is 1. The van der Waals surface area contributed by atoms with Crippen molar-refractivity contribution in [1.29, 1.82) is 0 Å². The van der Waals surface area contributed by atoms with E-state index < -0.39 is 5.97 Å². The smallest absolute Gasteiger partial charge is 0.0786 e. The number of hydrogen-bond acceptors (Lipinski definition) is 2. The van der Waals surface area contributed by atoms with Crippen LogP contribution in [-0.2, 0) is 4.79 Å². The Balaban J connectivity index is 3.98. The van der Waals surface area contributed by atoms with E-state index in [-0.39, 0.29) is 6.42 Å². The van der Waals surface area contributed by atoms with Crippen LogP contribution in [0.5, 0.6) is 0 Å². The maximum atomic E-state index is 10.4. The van der Waals surface area contributed by atoms with Crippen LogP contribution in [-0.4, -0.2) is 36.6 Å². The molecule has 0 aromatic carbocycles. The van der Waals surface area contributed by atoms with Crippen molar-refractivity contribution in [2.75, 3.05) is 26.2 Å². The Bertz CT molecular complexity index is 489. The van der Waals surface area contributed by atoms with Gasteiger partial charge in [0.15, 0.2) is 0 Å². The lowest BCUT2D eigenvalue weighted by molar-refractivity contribution is -0.929. The summed E-state index contributed by atoms with van der Waals surface area (Å²) in [5.74, 6) is -0.897. The molecule has 246 valence electrons. The molecule has 3 nitrogen and oxygen atoms in total. The predicted octanol–water partition coefficient (Wildman–Crippen LogP) is 11.3. The van der Waals surface area contributed by atoms with Gasteiger partial charge >= 0.3 is 0 Å². The second-order valence-corrected chi connectivity index (χ2v) is 13.6. The van der Waals surface area contributed by atoms with Crippen LogP contribution < -0.4 is 5.11 Å². The van der Waals surface area contributed by atoms with Crippen molar-refractivity contribution in [2.24, 2.45) is 0 Å². The van der Waals surface area contributed by atoms with Gasteiger partial charge in [0.2, 0.25) is 0 Å². The fourth-order valence-corrected chi connectivity index (χ4v) is 6.66. The molecule has 0 spiro atoms. The van der Waals surface area contributed by atoms with Gasteiger partial charge in [0.1, 0.15) is 0 Å². The Morgan fingerprint density at radius 1 is 0.366 bits per heavy atom. The SMILES string of the molecule is CCCCCC[N+](CCCCCC)(CCCCCC)CCCCCCCCCCCCCCCCCCCC(=O)[O-]. The molecule has 0 aliphatic rings. The van der Waals surface area contributed by atoms with Crippen molar-refractivity contribution in [3.8, 4) is 0 Å². The van der Waals surface area contributed by atoms with Gasteiger partial charge in [0, 0.05) is 5.97 Å². The number of nitrogens with zero attached hydrogens (tertiary/aromatic N) is 1. The normalized spacial score (nSPS) is 11.9. The van der Waals surface area contributed by atoms with E-state index in [9.17, 15) is 9.90 Å². The van der Waals surface area contributed by atoms with Gasteiger partial charge in [-0.15, -0.1) is 0 Å². The number of hydrogen-bond donors (Lipinski definition) is 0. The van der Waals surface area contributed by atoms with Crippen molar-refractivity contribution >= 4 is 5.97 Å². The Morgan fingerprint density at radius 3 is 0.829 bits per heavy atom. The molecule has 0 aliphatic heterocycles. The summed E-state index contributed by atoms with van der Waals surface area (Å²) >= 11 is 0. The average Bonchev–Trinajstić information content (AvgIpc) is 2.96. The van der Waals surface area contributed by atoms with E-state index in [1.165, 1.54) is 204 Å². The monoisotopic (exact) mass is 580 g/mol. The number of aliphatic carboxylic acids is 1. The topological polar surface area (TPSA) is 40.1 Å². The second kappa shape index (κ2) is 32.3. The number of quaternary nitrogens is 1. The molecule has 0 aromatic rings. The highest BCUT2D eigenvalue weighted by Gasteiger charge is 2.25. The summed E-state index contributed by atoms with van der Waals surface area (Å²) < 4.78 is 1.45. The van der Waals surface area contributed by atoms with Crippen molar-refractivity contribution in [3.63, 3.8) is 0 Å². The molecule has 0 rings (SSSR count). The van der Waals surface area contributed by atoms with Crippen LogP contribution in [0.2, 0.25) is 0 Å². The van der Waals surface area contributed by atoms with Gasteiger partial charge in [-0.05, 0) is 64.2 Å². The standard InChI is InChI=1S/C38H77NO2/c1-4-7-10-29-34-39(35-30-11-8-5-2,36-31-12-9-6-3)37-32-27-25-23-21-19-17-15-13-14-16-18-20-22-24-26-28-33-38(40)41/h4-37H2,1-3H3. The molecular weight excluding hydrogens is 502 g/mol. The number of unbranched alkanes of at least 4 members (excludes halogenated alkanes) is 25. The summed E-state index contributed by atoms with van der Waals surface area (Å²) in [5, 5.41) is 10.4. The fourth-order valence-electron chi connectivity index (χ4n) is 6.66. The van der Waals surface area contributed by atoms with Gasteiger partial charge in [-0.1, -0.05) is 149 Å². The molecule has 0 aromatic heterocycles. The minimum absolute atomic E-state index is 0.234. The third kappa shape index (κ3) is 29.3. The lowest BCUT2D eigenvalue weighted by Gasteiger charge is -2.39. The summed E-state index contributed by atoms with van der Waals surface area (Å²) in [7, 11) is 0. The van der Waals surface area contributed by atoms with Gasteiger partial charge < -0.3 is 14.4 Å². The van der Waals surface area contributed by atoms with E-state index in [0.29, 0.717) is 0 Å². The lowest BCUT2D eigenvalue weighted by atomic mass is 10.0. The zero-order chi connectivity index (χ0) is 30.1. The summed E-state index contributed by atoms with van der Waals surface area (Å²) in [4.78, 5) is 10.4. The average molecular weight is 580 g/mol. The van der Waals surface area contributed by atoms with E-state index in [1.54, 1.807) is 0 Å². The van der Waals surface area contributed by atoms with Gasteiger partial charge in [-0.2, -0.15) is 0 Å². The molecular formula is C38H77NO2. The molecule has 0 radical (unpaired) electrons. The van der Waals surface area contributed by atoms with Crippen LogP contribution in [0, 0.1) is 0 Å². The van der Waals surface area contributed by atoms with Crippen LogP contribution in [0.1, 0.15) is 213 Å². The van der Waals surface area contributed by atoms with Crippen LogP contribution in [0.25, 0.3) is 0 Å². The van der Waals surface area contributed by atoms with Crippen molar-refractivity contribution in [1.82, 2.24) is 0 Å². The van der Waals surface area contributed by atoms with Crippen LogP contribution >= 0.6 is 0 Å². The molecule has 0 saturated heterocycles. The van der Waals surface area contributed by atoms with E-state index in [1.807, 2.05) is 0 Å². The third-order valence-corrected chi connectivity index (χ3v) is 9.47. The highest BCUT2D eigenvalue weighted by atomic mass is 16.4. The minimum Gasteiger partial charge on any atom is -0.550 e. The van der Waals surface area contributed by atoms with Crippen molar-refractivity contribution in [3.05, 3.63) is 0 Å².